The van der Waals surface area contributed by atoms with E-state index >= 15 is 0 Å². The Bertz CT molecular complexity index is 650. The van der Waals surface area contributed by atoms with Crippen molar-refractivity contribution in [1.29, 1.82) is 0 Å². The minimum absolute atomic E-state index is 0.204. The standard InChI is InChI=1S/C13H10N4O/c18-12-8-10(13-14-16-17-15-13)6-7-11(12)9-4-2-1-3-5-9/h1-8,18H,(H,14,15,16,17). The number of nitrogens with one attached hydrogen (secondary N) is 1. The van der Waals surface area contributed by atoms with Crippen molar-refractivity contribution in [3.05, 3.63) is 48.5 Å². The summed E-state index contributed by atoms with van der Waals surface area (Å²) in [4.78, 5) is 0. The highest BCUT2D eigenvalue weighted by Gasteiger charge is 2.08. The highest BCUT2D eigenvalue weighted by atomic mass is 16.3. The van der Waals surface area contributed by atoms with E-state index in [1.807, 2.05) is 42.5 Å². The van der Waals surface area contributed by atoms with Gasteiger partial charge in [-0.15, -0.1) is 5.10 Å². The van der Waals surface area contributed by atoms with Crippen molar-refractivity contribution < 1.29 is 5.11 Å². The zero-order valence-corrected chi connectivity index (χ0v) is 9.41. The molecule has 0 aliphatic rings. The topological polar surface area (TPSA) is 74.7 Å². The van der Waals surface area contributed by atoms with E-state index in [1.54, 1.807) is 6.07 Å². The van der Waals surface area contributed by atoms with Crippen LogP contribution >= 0.6 is 0 Å². The van der Waals surface area contributed by atoms with Crippen LogP contribution in [0.3, 0.4) is 0 Å². The number of hydrogen-bond acceptors (Lipinski definition) is 4. The highest BCUT2D eigenvalue weighted by Crippen LogP contribution is 2.31. The first-order chi connectivity index (χ1) is 8.84. The summed E-state index contributed by atoms with van der Waals surface area (Å²) >= 11 is 0. The third kappa shape index (κ3) is 1.82. The number of phenolic OH excluding ortho intramolecular Hbond substituents is 1. The molecule has 5 heteroatoms. The van der Waals surface area contributed by atoms with E-state index in [0.717, 1.165) is 16.7 Å². The quantitative estimate of drug-likeness (QED) is 0.718. The lowest BCUT2D eigenvalue weighted by Crippen LogP contribution is -1.84. The molecule has 88 valence electrons. The Labute approximate surface area is 103 Å². The lowest BCUT2D eigenvalue weighted by Gasteiger charge is -2.05. The van der Waals surface area contributed by atoms with Gasteiger partial charge in [0, 0.05) is 11.1 Å². The normalized spacial score (nSPS) is 10.4. The van der Waals surface area contributed by atoms with Crippen molar-refractivity contribution in [2.45, 2.75) is 0 Å². The molecule has 3 rings (SSSR count). The van der Waals surface area contributed by atoms with E-state index in [0.29, 0.717) is 5.82 Å². The molecule has 18 heavy (non-hydrogen) atoms. The van der Waals surface area contributed by atoms with Crippen molar-refractivity contribution in [1.82, 2.24) is 20.6 Å². The minimum atomic E-state index is 0.204. The van der Waals surface area contributed by atoms with Crippen LogP contribution in [0, 0.1) is 0 Å². The van der Waals surface area contributed by atoms with Crippen molar-refractivity contribution in [3.8, 4) is 28.3 Å². The first kappa shape index (κ1) is 10.5. The second kappa shape index (κ2) is 4.29. The lowest BCUT2D eigenvalue weighted by molar-refractivity contribution is 0.477. The largest absolute Gasteiger partial charge is 0.507 e. The van der Waals surface area contributed by atoms with Gasteiger partial charge in [-0.2, -0.15) is 0 Å². The van der Waals surface area contributed by atoms with Gasteiger partial charge in [-0.25, -0.2) is 5.10 Å². The number of H-pyrrole nitrogens is 1. The van der Waals surface area contributed by atoms with Gasteiger partial charge in [-0.3, -0.25) is 0 Å². The zero-order valence-electron chi connectivity index (χ0n) is 9.41. The highest BCUT2D eigenvalue weighted by molar-refractivity contribution is 5.73. The second-order valence-electron chi connectivity index (χ2n) is 3.85. The summed E-state index contributed by atoms with van der Waals surface area (Å²) in [7, 11) is 0. The molecule has 5 nitrogen and oxygen atoms in total. The molecule has 0 fully saturated rings. The Morgan fingerprint density at radius 3 is 2.44 bits per heavy atom. The third-order valence-corrected chi connectivity index (χ3v) is 2.70. The summed E-state index contributed by atoms with van der Waals surface area (Å²) in [5.74, 6) is 0.736. The molecule has 0 aliphatic heterocycles. The van der Waals surface area contributed by atoms with Gasteiger partial charge in [-0.1, -0.05) is 36.4 Å². The monoisotopic (exact) mass is 238 g/mol. The molecule has 2 N–H and O–H groups in total. The van der Waals surface area contributed by atoms with Crippen molar-refractivity contribution >= 4 is 0 Å². The number of aromatic hydroxyl groups is 1. The lowest BCUT2D eigenvalue weighted by atomic mass is 10.0. The number of phenols is 1. The smallest absolute Gasteiger partial charge is 0.179 e. The molecule has 2 aromatic carbocycles. The fourth-order valence-electron chi connectivity index (χ4n) is 1.82. The first-order valence-corrected chi connectivity index (χ1v) is 5.47. The zero-order chi connectivity index (χ0) is 12.4. The summed E-state index contributed by atoms with van der Waals surface area (Å²) in [5, 5.41) is 23.5. The Morgan fingerprint density at radius 1 is 0.944 bits per heavy atom. The van der Waals surface area contributed by atoms with E-state index in [4.69, 9.17) is 0 Å². The van der Waals surface area contributed by atoms with Crippen molar-refractivity contribution in [2.75, 3.05) is 0 Å². The van der Waals surface area contributed by atoms with Crippen LogP contribution < -0.4 is 0 Å². The maximum absolute atomic E-state index is 10.1. The number of tetrazole rings is 1. The fourth-order valence-corrected chi connectivity index (χ4v) is 1.82. The van der Waals surface area contributed by atoms with E-state index in [9.17, 15) is 5.11 Å². The average Bonchev–Trinajstić information content (AvgIpc) is 2.93. The molecule has 0 saturated carbocycles. The van der Waals surface area contributed by atoms with Crippen molar-refractivity contribution in [3.63, 3.8) is 0 Å². The van der Waals surface area contributed by atoms with Crippen LogP contribution in [-0.2, 0) is 0 Å². The molecule has 0 radical (unpaired) electrons. The Hall–Kier alpha value is -2.69. The van der Waals surface area contributed by atoms with Gasteiger partial charge in [-0.05, 0) is 28.1 Å². The van der Waals surface area contributed by atoms with Crippen molar-refractivity contribution in [2.24, 2.45) is 0 Å². The van der Waals surface area contributed by atoms with Gasteiger partial charge in [0.25, 0.3) is 0 Å². The molecule has 1 aromatic heterocycles. The molecular weight excluding hydrogens is 228 g/mol. The number of benzene rings is 2. The van der Waals surface area contributed by atoms with E-state index in [-0.39, 0.29) is 5.75 Å². The molecule has 0 spiro atoms. The predicted molar refractivity (Wildman–Crippen MR) is 66.7 cm³/mol. The summed E-state index contributed by atoms with van der Waals surface area (Å²) in [6, 6.07) is 15.1. The molecule has 0 saturated heterocycles. The van der Waals surface area contributed by atoms with Crippen LogP contribution in [-0.4, -0.2) is 25.7 Å². The van der Waals surface area contributed by atoms with Gasteiger partial charge in [0.1, 0.15) is 5.75 Å². The van der Waals surface area contributed by atoms with Crippen LogP contribution in [0.2, 0.25) is 0 Å². The number of aromatic nitrogens is 4. The molecule has 0 aliphatic carbocycles. The SMILES string of the molecule is Oc1cc(-c2nnn[nH]2)ccc1-c1ccccc1. The third-order valence-electron chi connectivity index (χ3n) is 2.70. The maximum Gasteiger partial charge on any atom is 0.179 e. The molecule has 0 unspecified atom stereocenters. The summed E-state index contributed by atoms with van der Waals surface area (Å²) in [6.07, 6.45) is 0. The van der Waals surface area contributed by atoms with Crippen LogP contribution in [0.4, 0.5) is 0 Å². The molecular formula is C13H10N4O. The van der Waals surface area contributed by atoms with Crippen LogP contribution in [0.1, 0.15) is 0 Å². The van der Waals surface area contributed by atoms with Gasteiger partial charge < -0.3 is 5.11 Å². The van der Waals surface area contributed by atoms with Crippen LogP contribution in [0.25, 0.3) is 22.5 Å². The summed E-state index contributed by atoms with van der Waals surface area (Å²) in [5.41, 5.74) is 2.50. The second-order valence-corrected chi connectivity index (χ2v) is 3.85. The number of aromatic amines is 1. The number of hydrogen-bond donors (Lipinski definition) is 2. The Balaban J connectivity index is 2.05. The Morgan fingerprint density at radius 2 is 1.78 bits per heavy atom. The van der Waals surface area contributed by atoms with Gasteiger partial charge >= 0.3 is 0 Å². The van der Waals surface area contributed by atoms with E-state index in [1.165, 1.54) is 0 Å². The molecule has 0 amide bonds. The van der Waals surface area contributed by atoms with Crippen LogP contribution in [0.5, 0.6) is 5.75 Å². The number of rotatable bonds is 2. The van der Waals surface area contributed by atoms with E-state index in [2.05, 4.69) is 20.6 Å². The molecule has 0 bridgehead atoms. The van der Waals surface area contributed by atoms with Gasteiger partial charge in [0.05, 0.1) is 0 Å². The average molecular weight is 238 g/mol. The predicted octanol–water partition coefficient (Wildman–Crippen LogP) is 2.24. The van der Waals surface area contributed by atoms with Gasteiger partial charge in [0.15, 0.2) is 5.82 Å². The first-order valence-electron chi connectivity index (χ1n) is 5.47. The van der Waals surface area contributed by atoms with Gasteiger partial charge in [0.2, 0.25) is 0 Å². The number of nitrogens with zero attached hydrogens (tertiary/aromatic N) is 3. The van der Waals surface area contributed by atoms with E-state index < -0.39 is 0 Å². The summed E-state index contributed by atoms with van der Waals surface area (Å²) in [6.45, 7) is 0. The van der Waals surface area contributed by atoms with Crippen LogP contribution in [0.15, 0.2) is 48.5 Å². The fraction of sp³-hybridized carbons (Fsp3) is 0. The Kier molecular flexibility index (Phi) is 2.49. The minimum Gasteiger partial charge on any atom is -0.507 e. The maximum atomic E-state index is 10.1. The molecule has 0 atom stereocenters. The molecule has 1 heterocycles. The molecule has 3 aromatic rings. The summed E-state index contributed by atoms with van der Waals surface area (Å²) < 4.78 is 0.